The Morgan fingerprint density at radius 3 is 2.75 bits per heavy atom. The van der Waals surface area contributed by atoms with E-state index in [4.69, 9.17) is 4.74 Å². The van der Waals surface area contributed by atoms with Gasteiger partial charge in [-0.15, -0.1) is 0 Å². The van der Waals surface area contributed by atoms with Gasteiger partial charge in [-0.1, -0.05) is 19.4 Å². The fourth-order valence-corrected chi connectivity index (χ4v) is 6.73. The van der Waals surface area contributed by atoms with Gasteiger partial charge in [0.15, 0.2) is 0 Å². The summed E-state index contributed by atoms with van der Waals surface area (Å²) in [6, 6.07) is 0. The van der Waals surface area contributed by atoms with Crippen LogP contribution in [0.25, 0.3) is 0 Å². The maximum Gasteiger partial charge on any atom is 0.243 e. The first-order valence-corrected chi connectivity index (χ1v) is 9.44. The van der Waals surface area contributed by atoms with E-state index >= 15 is 0 Å². The van der Waals surface area contributed by atoms with Gasteiger partial charge in [0.2, 0.25) is 5.91 Å². The molecule has 1 amide bonds. The summed E-state index contributed by atoms with van der Waals surface area (Å²) in [5.41, 5.74) is 1.06. The van der Waals surface area contributed by atoms with Crippen LogP contribution in [0.15, 0.2) is 11.6 Å². The van der Waals surface area contributed by atoms with Crippen molar-refractivity contribution in [2.45, 2.75) is 58.5 Å². The molecule has 0 aromatic heterocycles. The zero-order valence-corrected chi connectivity index (χ0v) is 15.1. The van der Waals surface area contributed by atoms with Crippen LogP contribution in [0.1, 0.15) is 52.4 Å². The first kappa shape index (κ1) is 16.3. The lowest BCUT2D eigenvalue weighted by Crippen LogP contribution is -2.55. The van der Waals surface area contributed by atoms with Crippen LogP contribution < -0.4 is 5.32 Å². The third-order valence-electron chi connectivity index (χ3n) is 7.87. The number of hydrogen-bond acceptors (Lipinski definition) is 3. The molecule has 1 heterocycles. The summed E-state index contributed by atoms with van der Waals surface area (Å²) in [5, 5.41) is 2.96. The molecule has 24 heavy (non-hydrogen) atoms. The highest BCUT2D eigenvalue weighted by atomic mass is 16.5. The van der Waals surface area contributed by atoms with E-state index in [9.17, 15) is 9.59 Å². The van der Waals surface area contributed by atoms with Crippen molar-refractivity contribution in [2.24, 2.45) is 28.6 Å². The van der Waals surface area contributed by atoms with Crippen LogP contribution >= 0.6 is 0 Å². The third-order valence-corrected chi connectivity index (χ3v) is 7.87. The molecule has 1 N–H and O–H groups in total. The molecule has 3 saturated carbocycles. The summed E-state index contributed by atoms with van der Waals surface area (Å²) >= 11 is 0. The van der Waals surface area contributed by atoms with Crippen molar-refractivity contribution in [3.8, 4) is 0 Å². The number of hydrogen-bond donors (Lipinski definition) is 1. The molecule has 4 heteroatoms. The fraction of sp³-hybridized carbons (Fsp3) is 0.800. The van der Waals surface area contributed by atoms with Gasteiger partial charge < -0.3 is 10.1 Å². The smallest absolute Gasteiger partial charge is 0.243 e. The summed E-state index contributed by atoms with van der Waals surface area (Å²) in [5.74, 6) is 1.53. The lowest BCUT2D eigenvalue weighted by molar-refractivity contribution is -0.148. The number of ether oxygens (including phenoxy) is 1. The van der Waals surface area contributed by atoms with E-state index in [0.29, 0.717) is 30.6 Å². The minimum absolute atomic E-state index is 0.00335. The van der Waals surface area contributed by atoms with Crippen molar-refractivity contribution in [1.82, 2.24) is 5.32 Å². The van der Waals surface area contributed by atoms with Crippen LogP contribution in [0.2, 0.25) is 0 Å². The second-order valence-electron chi connectivity index (χ2n) is 8.87. The van der Waals surface area contributed by atoms with Crippen LogP contribution in [0.4, 0.5) is 0 Å². The minimum Gasteiger partial charge on any atom is -0.381 e. The van der Waals surface area contributed by atoms with Gasteiger partial charge in [-0.2, -0.15) is 0 Å². The number of ketones is 1. The minimum atomic E-state index is -0.147. The Kier molecular flexibility index (Phi) is 3.68. The van der Waals surface area contributed by atoms with E-state index in [1.54, 1.807) is 13.2 Å². The number of nitrogens with one attached hydrogen (secondary N) is 1. The van der Waals surface area contributed by atoms with E-state index in [2.05, 4.69) is 19.2 Å². The monoisotopic (exact) mass is 331 g/mol. The Morgan fingerprint density at radius 1 is 1.21 bits per heavy atom. The lowest BCUT2D eigenvalue weighted by atomic mass is 9.48. The second-order valence-corrected chi connectivity index (χ2v) is 8.87. The quantitative estimate of drug-likeness (QED) is 0.804. The van der Waals surface area contributed by atoms with Gasteiger partial charge in [0.05, 0.1) is 6.10 Å². The average molecular weight is 331 g/mol. The Balaban J connectivity index is 1.74. The first-order chi connectivity index (χ1) is 11.4. The molecule has 0 spiro atoms. The molecule has 4 rings (SSSR count). The van der Waals surface area contributed by atoms with Crippen LogP contribution in [0.3, 0.4) is 0 Å². The van der Waals surface area contributed by atoms with Crippen LogP contribution in [0.5, 0.6) is 0 Å². The zero-order chi connectivity index (χ0) is 17.1. The van der Waals surface area contributed by atoms with Gasteiger partial charge in [-0.25, -0.2) is 0 Å². The number of carbonyl (C=O) groups excluding carboxylic acids is 2. The number of fused-ring (bicyclic) bond motifs is 5. The summed E-state index contributed by atoms with van der Waals surface area (Å²) in [6.07, 6.45) is 7.79. The van der Waals surface area contributed by atoms with Crippen molar-refractivity contribution in [3.63, 3.8) is 0 Å². The highest BCUT2D eigenvalue weighted by molar-refractivity contribution is 5.90. The predicted octanol–water partition coefficient (Wildman–Crippen LogP) is 2.87. The topological polar surface area (TPSA) is 55.4 Å². The lowest BCUT2D eigenvalue weighted by Gasteiger charge is -2.55. The Labute approximate surface area is 144 Å². The zero-order valence-electron chi connectivity index (χ0n) is 15.1. The van der Waals surface area contributed by atoms with E-state index in [1.165, 1.54) is 12.0 Å². The highest BCUT2D eigenvalue weighted by Gasteiger charge is 2.62. The van der Waals surface area contributed by atoms with Crippen molar-refractivity contribution in [2.75, 3.05) is 13.7 Å². The maximum absolute atomic E-state index is 13.3. The molecule has 1 aliphatic heterocycles. The molecule has 0 radical (unpaired) electrons. The molecule has 4 nitrogen and oxygen atoms in total. The summed E-state index contributed by atoms with van der Waals surface area (Å²) in [4.78, 5) is 25.3. The van der Waals surface area contributed by atoms with Crippen LogP contribution in [0, 0.1) is 28.6 Å². The molecular weight excluding hydrogens is 302 g/mol. The largest absolute Gasteiger partial charge is 0.381 e. The molecule has 6 atom stereocenters. The van der Waals surface area contributed by atoms with Crippen LogP contribution in [-0.4, -0.2) is 31.4 Å². The van der Waals surface area contributed by atoms with Crippen molar-refractivity contribution in [1.29, 1.82) is 0 Å². The molecule has 3 aliphatic carbocycles. The normalized spacial score (nSPS) is 47.9. The molecular formula is C20H29NO3. The Bertz CT molecular complexity index is 612. The molecule has 4 aliphatic rings. The molecule has 0 saturated heterocycles. The standard InChI is InChI=1S/C20H29NO3/c1-19-8-9-21-17(23)10-12(19)4-5-13-14-6-7-16(24-3)20(14,2)11-15(22)18(13)19/h10,13-14,16,18H,4-9,11H2,1-3H3,(H,21,23)/t13-,14-,16-,18+,19-,20?/m0/s1. The van der Waals surface area contributed by atoms with Gasteiger partial charge in [-0.3, -0.25) is 9.59 Å². The van der Waals surface area contributed by atoms with Crippen molar-refractivity contribution in [3.05, 3.63) is 11.6 Å². The molecule has 1 unspecified atom stereocenters. The van der Waals surface area contributed by atoms with Gasteiger partial charge in [0.25, 0.3) is 0 Å². The van der Waals surface area contributed by atoms with E-state index in [1.807, 2.05) is 0 Å². The van der Waals surface area contributed by atoms with Crippen molar-refractivity contribution < 1.29 is 14.3 Å². The van der Waals surface area contributed by atoms with Gasteiger partial charge >= 0.3 is 0 Å². The number of Topliss-reactive ketones (excluding diaryl/α,β-unsaturated/α-hetero) is 1. The molecule has 0 bridgehead atoms. The molecule has 0 aromatic carbocycles. The maximum atomic E-state index is 13.3. The summed E-state index contributed by atoms with van der Waals surface area (Å²) < 4.78 is 5.76. The van der Waals surface area contributed by atoms with Gasteiger partial charge in [0.1, 0.15) is 5.78 Å². The van der Waals surface area contributed by atoms with E-state index in [-0.39, 0.29) is 28.8 Å². The van der Waals surface area contributed by atoms with Crippen molar-refractivity contribution >= 4 is 11.7 Å². The number of methoxy groups -OCH3 is 1. The number of amides is 1. The predicted molar refractivity (Wildman–Crippen MR) is 91.3 cm³/mol. The molecule has 132 valence electrons. The summed E-state index contributed by atoms with van der Waals surface area (Å²) in [7, 11) is 1.79. The van der Waals surface area contributed by atoms with E-state index < -0.39 is 0 Å². The number of carbonyl (C=O) groups is 2. The molecule has 0 aromatic rings. The third kappa shape index (κ3) is 2.08. The molecule has 3 fully saturated rings. The van der Waals surface area contributed by atoms with Gasteiger partial charge in [0, 0.05) is 42.9 Å². The first-order valence-electron chi connectivity index (χ1n) is 9.44. The average Bonchev–Trinajstić information content (AvgIpc) is 2.76. The van der Waals surface area contributed by atoms with Crippen LogP contribution in [-0.2, 0) is 14.3 Å². The Morgan fingerprint density at radius 2 is 2.00 bits per heavy atom. The van der Waals surface area contributed by atoms with Gasteiger partial charge in [-0.05, 0) is 43.9 Å². The highest BCUT2D eigenvalue weighted by Crippen LogP contribution is 2.63. The van der Waals surface area contributed by atoms with E-state index in [0.717, 1.165) is 25.7 Å². The Hall–Kier alpha value is -1.16. The fourth-order valence-electron chi connectivity index (χ4n) is 6.73. The SMILES string of the molecule is CO[C@H]1CC[C@H]2[C@@H]3CCC4=CC(=O)NCC[C@]4(C)[C@H]3C(=O)CC12C. The number of allylic oxidation sites excluding steroid dienone is 1. The number of rotatable bonds is 1. The second kappa shape index (κ2) is 5.42. The summed E-state index contributed by atoms with van der Waals surface area (Å²) in [6.45, 7) is 5.19.